The number of rotatable bonds is 9. The fourth-order valence-corrected chi connectivity index (χ4v) is 10.7. The summed E-state index contributed by atoms with van der Waals surface area (Å²) in [4.78, 5) is 10.7. The van der Waals surface area contributed by atoms with Crippen molar-refractivity contribution in [1.82, 2.24) is 14.5 Å². The van der Waals surface area contributed by atoms with Gasteiger partial charge in [-0.1, -0.05) is 218 Å². The third-order valence-electron chi connectivity index (χ3n) is 14.8. The Morgan fingerprint density at radius 3 is 1.79 bits per heavy atom. The van der Waals surface area contributed by atoms with Crippen molar-refractivity contribution in [2.24, 2.45) is 0 Å². The van der Waals surface area contributed by atoms with Gasteiger partial charge in [-0.15, -0.1) is 29.3 Å². The van der Waals surface area contributed by atoms with Crippen LogP contribution in [0.5, 0.6) is 5.75 Å². The van der Waals surface area contributed by atoms with E-state index in [0.717, 1.165) is 78.0 Å². The maximum atomic E-state index is 12.8. The van der Waals surface area contributed by atoms with Crippen LogP contribution in [0, 0.1) is 6.07 Å². The van der Waals surface area contributed by atoms with Crippen LogP contribution in [0.15, 0.2) is 194 Å². The number of nitrogens with zero attached hydrogens (tertiary/aromatic N) is 3. The number of imidazole rings is 1. The van der Waals surface area contributed by atoms with E-state index in [0.29, 0.717) is 17.3 Å². The van der Waals surface area contributed by atoms with Crippen molar-refractivity contribution in [3.8, 4) is 89.7 Å². The molecule has 8 aromatic carbocycles. The normalized spacial score (nSPS) is 13.2. The second-order valence-electron chi connectivity index (χ2n) is 21.7. The zero-order valence-electron chi connectivity index (χ0n) is 42.7. The van der Waals surface area contributed by atoms with Gasteiger partial charge in [-0.2, -0.15) is 0 Å². The van der Waals surface area contributed by atoms with E-state index >= 15 is 0 Å². The van der Waals surface area contributed by atoms with Crippen molar-refractivity contribution in [2.45, 2.75) is 90.4 Å². The maximum absolute atomic E-state index is 12.8. The molecule has 11 rings (SSSR count). The first-order valence-corrected chi connectivity index (χ1v) is 25.7. The third-order valence-corrected chi connectivity index (χ3v) is 14.8. The Labute approximate surface area is 446 Å². The fourth-order valence-electron chi connectivity index (χ4n) is 10.7. The van der Waals surface area contributed by atoms with Gasteiger partial charge in [-0.05, 0) is 104 Å². The predicted molar refractivity (Wildman–Crippen MR) is 301 cm³/mol. The molecule has 366 valence electrons. The van der Waals surface area contributed by atoms with Gasteiger partial charge in [0, 0.05) is 44.1 Å². The molecular formula is C68H62N3OPt-. The van der Waals surface area contributed by atoms with E-state index < -0.39 is 0 Å². The number of phenols is 1. The Hall–Kier alpha value is -7.13. The zero-order chi connectivity index (χ0) is 49.6. The van der Waals surface area contributed by atoms with Crippen LogP contribution in [0.1, 0.15) is 96.3 Å². The fraction of sp³-hybridized carbons (Fsp3) is 0.206. The molecular weight excluding hydrogens is 1070 g/mol. The second-order valence-corrected chi connectivity index (χ2v) is 21.7. The summed E-state index contributed by atoms with van der Waals surface area (Å²) < 4.78 is 2.26. The van der Waals surface area contributed by atoms with E-state index in [-0.39, 0.29) is 37.6 Å². The number of benzene rings is 8. The molecule has 1 N–H and O–H groups in total. The first kappa shape index (κ1) is 49.4. The summed E-state index contributed by atoms with van der Waals surface area (Å²) in [6.07, 6.45) is 8.51. The van der Waals surface area contributed by atoms with Crippen LogP contribution in [0.3, 0.4) is 0 Å². The van der Waals surface area contributed by atoms with Crippen LogP contribution in [0.25, 0.3) is 95.0 Å². The van der Waals surface area contributed by atoms with Gasteiger partial charge in [0.1, 0.15) is 11.6 Å². The largest absolute Gasteiger partial charge is 0.507 e. The molecule has 1 fully saturated rings. The van der Waals surface area contributed by atoms with Gasteiger partial charge in [0.25, 0.3) is 0 Å². The summed E-state index contributed by atoms with van der Waals surface area (Å²) in [7, 11) is 0. The van der Waals surface area contributed by atoms with Crippen molar-refractivity contribution in [2.75, 3.05) is 0 Å². The minimum atomic E-state index is -0.175. The first-order chi connectivity index (χ1) is 34.9. The van der Waals surface area contributed by atoms with Crippen molar-refractivity contribution in [3.63, 3.8) is 0 Å². The minimum Gasteiger partial charge on any atom is -0.507 e. The predicted octanol–water partition coefficient (Wildman–Crippen LogP) is 18.2. The second kappa shape index (κ2) is 20.4. The average molecular weight is 1130 g/mol. The monoisotopic (exact) mass is 1130 g/mol. The van der Waals surface area contributed by atoms with E-state index in [1.807, 2.05) is 36.5 Å². The van der Waals surface area contributed by atoms with Crippen molar-refractivity contribution in [1.29, 1.82) is 0 Å². The molecule has 4 nitrogen and oxygen atoms in total. The van der Waals surface area contributed by atoms with Crippen LogP contribution in [-0.2, 0) is 31.9 Å². The molecule has 0 spiro atoms. The van der Waals surface area contributed by atoms with Crippen molar-refractivity contribution < 1.29 is 26.2 Å². The molecule has 0 aliphatic heterocycles. The van der Waals surface area contributed by atoms with Gasteiger partial charge in [-0.3, -0.25) is 9.55 Å². The maximum Gasteiger partial charge on any atom is 0.148 e. The quantitative estimate of drug-likeness (QED) is 0.147. The van der Waals surface area contributed by atoms with Crippen LogP contribution >= 0.6 is 0 Å². The summed E-state index contributed by atoms with van der Waals surface area (Å²) in [6.45, 7) is 13.6. The molecule has 1 aliphatic carbocycles. The summed E-state index contributed by atoms with van der Waals surface area (Å²) in [6, 6.07) is 70.6. The molecule has 73 heavy (non-hydrogen) atoms. The van der Waals surface area contributed by atoms with E-state index in [2.05, 4.69) is 210 Å². The molecule has 0 atom stereocenters. The smallest absolute Gasteiger partial charge is 0.148 e. The van der Waals surface area contributed by atoms with E-state index in [1.165, 1.54) is 54.4 Å². The first-order valence-electron chi connectivity index (χ1n) is 25.7. The number of hydrogen-bond donors (Lipinski definition) is 1. The third kappa shape index (κ3) is 9.91. The Morgan fingerprint density at radius 1 is 0.493 bits per heavy atom. The Balaban J connectivity index is 0.00000611. The van der Waals surface area contributed by atoms with Gasteiger partial charge < -0.3 is 5.11 Å². The van der Waals surface area contributed by atoms with Gasteiger partial charge in [0.2, 0.25) is 0 Å². The van der Waals surface area contributed by atoms with Gasteiger partial charge in [-0.25, -0.2) is 4.98 Å². The SMILES string of the molecule is CC(C)(C)c1cc(-c2cc(-c3ccc(C4CCCCC4)cc3)ccn2)[c-]c(-c2cccc3c2nc(-c2cccc(-c4ccccc4-c4ccccc4)c2O)n3-c2ccc(C(C)(C)C)cc2-c2ccccc2)c1.[Pt]. The molecule has 1 aliphatic rings. The van der Waals surface area contributed by atoms with Gasteiger partial charge in [0.05, 0.1) is 22.3 Å². The Kier molecular flexibility index (Phi) is 13.8. The molecule has 0 saturated heterocycles. The number of aromatic hydroxyl groups is 1. The average Bonchev–Trinajstić information content (AvgIpc) is 3.80. The van der Waals surface area contributed by atoms with Crippen molar-refractivity contribution in [3.05, 3.63) is 217 Å². The number of hydrogen-bond acceptors (Lipinski definition) is 3. The number of para-hydroxylation sites is 2. The number of aromatic nitrogens is 3. The van der Waals surface area contributed by atoms with Crippen molar-refractivity contribution >= 4 is 11.0 Å². The zero-order valence-corrected chi connectivity index (χ0v) is 45.0. The van der Waals surface area contributed by atoms with Crippen LogP contribution in [-0.4, -0.2) is 19.6 Å². The van der Waals surface area contributed by atoms with Crippen LogP contribution < -0.4 is 0 Å². The molecule has 1 saturated carbocycles. The van der Waals surface area contributed by atoms with E-state index in [1.54, 1.807) is 0 Å². The minimum absolute atomic E-state index is 0. The molecule has 2 aromatic heterocycles. The van der Waals surface area contributed by atoms with E-state index in [4.69, 9.17) is 9.97 Å². The standard InChI is InChI=1S/C68H62N3O.Pt/c1-67(2,3)53-36-37-62(60(44-53)49-24-14-9-15-25-49)71-63-31-19-28-56(64(63)70-66(71)59-30-18-29-58(65(59)72)57-27-17-16-26-55(57)48-22-12-8-13-23-48)51-40-52(42-54(41-51)68(4,5)6)61-43-50(38-39-69-61)47-34-32-46(33-35-47)45-20-10-7-11-21-45;/h8-9,12-19,22-39,41-45,72H,7,10-11,20-21H2,1-6H3;/q-1;. The Morgan fingerprint density at radius 2 is 1.10 bits per heavy atom. The molecule has 2 heterocycles. The van der Waals surface area contributed by atoms with Crippen LogP contribution in [0.2, 0.25) is 0 Å². The summed E-state index contributed by atoms with van der Waals surface area (Å²) in [5, 5.41) is 12.8. The number of fused-ring (bicyclic) bond motifs is 1. The molecule has 0 radical (unpaired) electrons. The molecule has 0 bridgehead atoms. The Bertz CT molecular complexity index is 3570. The number of phenolic OH excluding ortho intramolecular Hbond substituents is 1. The van der Waals surface area contributed by atoms with Gasteiger partial charge >= 0.3 is 0 Å². The summed E-state index contributed by atoms with van der Waals surface area (Å²) in [5.41, 5.74) is 19.0. The summed E-state index contributed by atoms with van der Waals surface area (Å²) >= 11 is 0. The molecule has 0 unspecified atom stereocenters. The topological polar surface area (TPSA) is 50.9 Å². The van der Waals surface area contributed by atoms with Gasteiger partial charge in [0.15, 0.2) is 0 Å². The van der Waals surface area contributed by atoms with Crippen LogP contribution in [0.4, 0.5) is 0 Å². The molecule has 0 amide bonds. The molecule has 10 aromatic rings. The molecule has 5 heteroatoms. The summed E-state index contributed by atoms with van der Waals surface area (Å²) in [5.74, 6) is 1.48. The van der Waals surface area contributed by atoms with E-state index in [9.17, 15) is 5.11 Å². The number of pyridine rings is 1.